The molecule has 0 spiro atoms. The van der Waals surface area contributed by atoms with Gasteiger partial charge in [-0.3, -0.25) is 4.79 Å². The van der Waals surface area contributed by atoms with E-state index in [2.05, 4.69) is 11.9 Å². The number of rotatable bonds is 8. The number of aromatic nitrogens is 1. The van der Waals surface area contributed by atoms with Crippen LogP contribution < -0.4 is 10.5 Å². The molecule has 1 aromatic heterocycles. The number of hydrogen-bond acceptors (Lipinski definition) is 3. The molecule has 0 saturated heterocycles. The van der Waals surface area contributed by atoms with Crippen molar-refractivity contribution in [2.75, 3.05) is 0 Å². The molecule has 0 unspecified atom stereocenters. The zero-order valence-corrected chi connectivity index (χ0v) is 13.2. The molecule has 0 fully saturated rings. The van der Waals surface area contributed by atoms with Gasteiger partial charge in [0.1, 0.15) is 5.75 Å². The molecule has 2 aromatic rings. The molecule has 4 nitrogen and oxygen atoms in total. The van der Waals surface area contributed by atoms with Gasteiger partial charge in [0.25, 0.3) is 5.88 Å². The molecule has 122 valence electrons. The van der Waals surface area contributed by atoms with Gasteiger partial charge in [-0.2, -0.15) is 0 Å². The molecule has 0 atom stereocenters. The second-order valence-electron chi connectivity index (χ2n) is 5.43. The molecule has 1 heterocycles. The first kappa shape index (κ1) is 16.9. The van der Waals surface area contributed by atoms with Crippen LogP contribution in [0.15, 0.2) is 36.5 Å². The van der Waals surface area contributed by atoms with Crippen molar-refractivity contribution in [2.45, 2.75) is 39.0 Å². The van der Waals surface area contributed by atoms with E-state index >= 15 is 0 Å². The van der Waals surface area contributed by atoms with Gasteiger partial charge in [-0.25, -0.2) is 9.37 Å². The molecular weight excluding hydrogens is 295 g/mol. The highest BCUT2D eigenvalue weighted by molar-refractivity contribution is 5.92. The number of hydrogen-bond donors (Lipinski definition) is 1. The average molecular weight is 316 g/mol. The predicted molar refractivity (Wildman–Crippen MR) is 87.1 cm³/mol. The van der Waals surface area contributed by atoms with Gasteiger partial charge < -0.3 is 10.5 Å². The van der Waals surface area contributed by atoms with Crippen LogP contribution in [0.1, 0.15) is 48.5 Å². The van der Waals surface area contributed by atoms with E-state index in [0.717, 1.165) is 12.5 Å². The Kier molecular flexibility index (Phi) is 6.09. The van der Waals surface area contributed by atoms with Crippen LogP contribution in [0.5, 0.6) is 11.6 Å². The number of nitrogens with two attached hydrogens (primary N) is 1. The summed E-state index contributed by atoms with van der Waals surface area (Å²) in [4.78, 5) is 14.8. The number of aryl methyl sites for hydroxylation is 1. The summed E-state index contributed by atoms with van der Waals surface area (Å²) in [5, 5.41) is 0. The van der Waals surface area contributed by atoms with E-state index in [4.69, 9.17) is 10.5 Å². The van der Waals surface area contributed by atoms with Crippen LogP contribution >= 0.6 is 0 Å². The fourth-order valence-corrected chi connectivity index (χ4v) is 2.23. The van der Waals surface area contributed by atoms with Crippen LogP contribution in [0, 0.1) is 5.82 Å². The third kappa shape index (κ3) is 5.06. The molecule has 5 heteroatoms. The minimum atomic E-state index is -0.727. The minimum Gasteiger partial charge on any atom is -0.436 e. The lowest BCUT2D eigenvalue weighted by Crippen LogP contribution is -2.11. The third-order valence-electron chi connectivity index (χ3n) is 3.55. The van der Waals surface area contributed by atoms with Crippen LogP contribution in [0.3, 0.4) is 0 Å². The molecule has 0 radical (unpaired) electrons. The van der Waals surface area contributed by atoms with Crippen LogP contribution in [0.25, 0.3) is 0 Å². The Balaban J connectivity index is 1.97. The minimum absolute atomic E-state index is 0.0114. The largest absolute Gasteiger partial charge is 0.436 e. The van der Waals surface area contributed by atoms with E-state index < -0.39 is 11.7 Å². The van der Waals surface area contributed by atoms with Crippen molar-refractivity contribution in [3.05, 3.63) is 53.5 Å². The Morgan fingerprint density at radius 1 is 1.22 bits per heavy atom. The first-order chi connectivity index (χ1) is 11.1. The summed E-state index contributed by atoms with van der Waals surface area (Å²) in [5.41, 5.74) is 6.31. The Morgan fingerprint density at radius 3 is 2.57 bits per heavy atom. The topological polar surface area (TPSA) is 65.2 Å². The van der Waals surface area contributed by atoms with Crippen molar-refractivity contribution in [3.8, 4) is 11.6 Å². The lowest BCUT2D eigenvalue weighted by atomic mass is 10.1. The fourth-order valence-electron chi connectivity index (χ4n) is 2.23. The zero-order chi connectivity index (χ0) is 16.7. The van der Waals surface area contributed by atoms with Gasteiger partial charge in [0.2, 0.25) is 5.91 Å². The highest BCUT2D eigenvalue weighted by Gasteiger charge is 2.10. The summed E-state index contributed by atoms with van der Waals surface area (Å²) < 4.78 is 19.2. The normalized spacial score (nSPS) is 10.5. The molecule has 1 amide bonds. The first-order valence-electron chi connectivity index (χ1n) is 7.82. The number of carbonyl (C=O) groups is 1. The van der Waals surface area contributed by atoms with E-state index in [1.54, 1.807) is 12.1 Å². The number of primary amides is 1. The first-order valence-corrected chi connectivity index (χ1v) is 7.82. The van der Waals surface area contributed by atoms with Gasteiger partial charge in [-0.1, -0.05) is 38.3 Å². The fraction of sp³-hybridized carbons (Fsp3) is 0.333. The number of nitrogens with zero attached hydrogens (tertiary/aromatic N) is 1. The molecule has 0 aliphatic heterocycles. The average Bonchev–Trinajstić information content (AvgIpc) is 2.55. The Hall–Kier alpha value is -2.43. The molecule has 1 aromatic carbocycles. The number of benzene rings is 1. The third-order valence-corrected chi connectivity index (χ3v) is 3.55. The summed E-state index contributed by atoms with van der Waals surface area (Å²) in [7, 11) is 0. The Labute approximate surface area is 135 Å². The summed E-state index contributed by atoms with van der Waals surface area (Å²) in [5.74, 6) is -1.12. The van der Waals surface area contributed by atoms with Crippen molar-refractivity contribution in [3.63, 3.8) is 0 Å². The van der Waals surface area contributed by atoms with Gasteiger partial charge in [0.05, 0.1) is 5.56 Å². The molecule has 0 aliphatic rings. The molecular formula is C18H21FN2O2. The van der Waals surface area contributed by atoms with E-state index in [1.807, 2.05) is 12.1 Å². The van der Waals surface area contributed by atoms with Crippen molar-refractivity contribution >= 4 is 5.91 Å². The van der Waals surface area contributed by atoms with E-state index in [9.17, 15) is 9.18 Å². The molecule has 23 heavy (non-hydrogen) atoms. The molecule has 2 rings (SSSR count). The van der Waals surface area contributed by atoms with Gasteiger partial charge >= 0.3 is 0 Å². The summed E-state index contributed by atoms with van der Waals surface area (Å²) in [6, 6.07) is 8.54. The lowest BCUT2D eigenvalue weighted by Gasteiger charge is -2.07. The molecule has 0 saturated carbocycles. The highest BCUT2D eigenvalue weighted by atomic mass is 19.1. The molecule has 2 N–H and O–H groups in total. The summed E-state index contributed by atoms with van der Waals surface area (Å²) in [6.07, 6.45) is 7.10. The van der Waals surface area contributed by atoms with Gasteiger partial charge in [0, 0.05) is 6.20 Å². The SMILES string of the molecule is CCCCCCc1ccc(Oc2ncc(C(N)=O)cc2F)cc1. The lowest BCUT2D eigenvalue weighted by molar-refractivity contribution is 0.0999. The maximum absolute atomic E-state index is 13.8. The highest BCUT2D eigenvalue weighted by Crippen LogP contribution is 2.23. The van der Waals surface area contributed by atoms with E-state index in [1.165, 1.54) is 37.4 Å². The number of pyridine rings is 1. The number of carbonyl (C=O) groups excluding carboxylic acids is 1. The predicted octanol–water partition coefficient (Wildman–Crippen LogP) is 4.23. The van der Waals surface area contributed by atoms with Crippen molar-refractivity contribution in [1.29, 1.82) is 0 Å². The van der Waals surface area contributed by atoms with Gasteiger partial charge in [0.15, 0.2) is 5.82 Å². The number of amides is 1. The number of ether oxygens (including phenoxy) is 1. The number of halogens is 1. The number of unbranched alkanes of at least 4 members (excludes halogenated alkanes) is 3. The van der Waals surface area contributed by atoms with Crippen molar-refractivity contribution < 1.29 is 13.9 Å². The maximum Gasteiger partial charge on any atom is 0.255 e. The van der Waals surface area contributed by atoms with Crippen LogP contribution in [-0.2, 0) is 6.42 Å². The standard InChI is InChI=1S/C18H21FN2O2/c1-2-3-4-5-6-13-7-9-15(10-8-13)23-18-16(19)11-14(12-21-18)17(20)22/h7-12H,2-6H2,1H3,(H2,20,22). The van der Waals surface area contributed by atoms with Gasteiger partial charge in [-0.05, 0) is 36.6 Å². The van der Waals surface area contributed by atoms with Crippen molar-refractivity contribution in [1.82, 2.24) is 4.98 Å². The second-order valence-corrected chi connectivity index (χ2v) is 5.43. The monoisotopic (exact) mass is 316 g/mol. The smallest absolute Gasteiger partial charge is 0.255 e. The maximum atomic E-state index is 13.8. The van der Waals surface area contributed by atoms with Crippen LogP contribution in [-0.4, -0.2) is 10.9 Å². The molecule has 0 aliphatic carbocycles. The molecule has 0 bridgehead atoms. The Bertz CT molecular complexity index is 657. The van der Waals surface area contributed by atoms with Gasteiger partial charge in [-0.15, -0.1) is 0 Å². The second kappa shape index (κ2) is 8.27. The quantitative estimate of drug-likeness (QED) is 0.741. The van der Waals surface area contributed by atoms with Crippen LogP contribution in [0.2, 0.25) is 0 Å². The summed E-state index contributed by atoms with van der Waals surface area (Å²) >= 11 is 0. The summed E-state index contributed by atoms with van der Waals surface area (Å²) in [6.45, 7) is 2.19. The van der Waals surface area contributed by atoms with E-state index in [-0.39, 0.29) is 11.4 Å². The van der Waals surface area contributed by atoms with E-state index in [0.29, 0.717) is 5.75 Å². The zero-order valence-electron chi connectivity index (χ0n) is 13.2. The van der Waals surface area contributed by atoms with Crippen molar-refractivity contribution in [2.24, 2.45) is 5.73 Å². The Morgan fingerprint density at radius 2 is 1.96 bits per heavy atom. The van der Waals surface area contributed by atoms with Crippen LogP contribution in [0.4, 0.5) is 4.39 Å².